The molecule has 0 unspecified atom stereocenters. The van der Waals surface area contributed by atoms with Gasteiger partial charge in [0.1, 0.15) is 5.75 Å². The first kappa shape index (κ1) is 22.9. The summed E-state index contributed by atoms with van der Waals surface area (Å²) in [5.41, 5.74) is 0.806. The lowest BCUT2D eigenvalue weighted by atomic mass is 10.1. The normalized spacial score (nSPS) is 14.6. The monoisotopic (exact) mass is 437 g/mol. The molecule has 0 spiro atoms. The number of para-hydroxylation sites is 1. The van der Waals surface area contributed by atoms with E-state index in [9.17, 15) is 18.0 Å². The second-order valence-electron chi connectivity index (χ2n) is 7.36. The van der Waals surface area contributed by atoms with Crippen LogP contribution in [0.1, 0.15) is 11.1 Å². The summed E-state index contributed by atoms with van der Waals surface area (Å²) in [6.07, 6.45) is -4.50. The molecule has 1 aliphatic rings. The summed E-state index contributed by atoms with van der Waals surface area (Å²) in [4.78, 5) is 16.3. The highest BCUT2D eigenvalue weighted by atomic mass is 19.4. The summed E-state index contributed by atoms with van der Waals surface area (Å²) in [7, 11) is 3.34. The van der Waals surface area contributed by atoms with Gasteiger partial charge in [-0.2, -0.15) is 13.2 Å². The smallest absolute Gasteiger partial charge is 0.416 e. The molecule has 1 amide bonds. The second kappa shape index (κ2) is 10.0. The van der Waals surface area contributed by atoms with Gasteiger partial charge in [0.15, 0.2) is 0 Å². The van der Waals surface area contributed by atoms with Crippen molar-refractivity contribution in [2.24, 2.45) is 0 Å². The molecule has 0 aromatic heterocycles. The van der Waals surface area contributed by atoms with E-state index in [1.54, 1.807) is 19.1 Å². The minimum absolute atomic E-state index is 0.0108. The molecule has 0 saturated carbocycles. The topological polar surface area (TPSA) is 54.0 Å². The van der Waals surface area contributed by atoms with Gasteiger partial charge in [-0.05, 0) is 31.3 Å². The maximum Gasteiger partial charge on any atom is 0.416 e. The number of halogens is 3. The van der Waals surface area contributed by atoms with Crippen LogP contribution in [-0.2, 0) is 22.3 Å². The number of amides is 1. The standard InChI is InChI=1S/C22H26F3N3O3/c1-27(14-16-5-3-4-6-20(16)30-2)15-21(29)26-18-13-17(22(23,24)25)7-8-19(18)28-9-11-31-12-10-28/h3-8,13H,9-12,14-15H2,1-2H3,(H,26,29). The van der Waals surface area contributed by atoms with Crippen molar-refractivity contribution in [1.82, 2.24) is 4.90 Å². The Morgan fingerprint density at radius 1 is 1.19 bits per heavy atom. The fourth-order valence-corrected chi connectivity index (χ4v) is 3.51. The van der Waals surface area contributed by atoms with Gasteiger partial charge in [-0.3, -0.25) is 9.69 Å². The van der Waals surface area contributed by atoms with Crippen LogP contribution in [-0.4, -0.2) is 57.8 Å². The number of carbonyl (C=O) groups excluding carboxylic acids is 1. The lowest BCUT2D eigenvalue weighted by Gasteiger charge is -2.31. The van der Waals surface area contributed by atoms with Gasteiger partial charge >= 0.3 is 6.18 Å². The molecule has 1 fully saturated rings. The number of nitrogens with one attached hydrogen (secondary N) is 1. The Morgan fingerprint density at radius 3 is 2.58 bits per heavy atom. The van der Waals surface area contributed by atoms with Crippen LogP contribution in [0.5, 0.6) is 5.75 Å². The molecule has 1 N–H and O–H groups in total. The van der Waals surface area contributed by atoms with Gasteiger partial charge in [0, 0.05) is 25.2 Å². The third kappa shape index (κ3) is 6.11. The summed E-state index contributed by atoms with van der Waals surface area (Å²) >= 11 is 0. The van der Waals surface area contributed by atoms with Crippen LogP contribution in [0.3, 0.4) is 0 Å². The Labute approximate surface area is 179 Å². The summed E-state index contributed by atoms with van der Waals surface area (Å²) in [5.74, 6) is 0.313. The molecule has 168 valence electrons. The van der Waals surface area contributed by atoms with Crippen LogP contribution < -0.4 is 15.0 Å². The summed E-state index contributed by atoms with van der Waals surface area (Å²) < 4.78 is 50.4. The zero-order chi connectivity index (χ0) is 22.4. The van der Waals surface area contributed by atoms with Crippen molar-refractivity contribution >= 4 is 17.3 Å². The van der Waals surface area contributed by atoms with Crippen LogP contribution in [0.4, 0.5) is 24.5 Å². The molecule has 31 heavy (non-hydrogen) atoms. The highest BCUT2D eigenvalue weighted by Crippen LogP contribution is 2.35. The first-order chi connectivity index (χ1) is 14.8. The molecular formula is C22H26F3N3O3. The fraction of sp³-hybridized carbons (Fsp3) is 0.409. The average Bonchev–Trinajstić information content (AvgIpc) is 2.74. The molecule has 2 aromatic rings. The molecule has 3 rings (SSSR count). The number of methoxy groups -OCH3 is 1. The Kier molecular flexibility index (Phi) is 7.40. The molecule has 0 radical (unpaired) electrons. The van der Waals surface area contributed by atoms with E-state index in [2.05, 4.69) is 5.32 Å². The van der Waals surface area contributed by atoms with E-state index < -0.39 is 17.6 Å². The summed E-state index contributed by atoms with van der Waals surface area (Å²) in [6, 6.07) is 10.9. The zero-order valence-corrected chi connectivity index (χ0v) is 17.5. The van der Waals surface area contributed by atoms with Crippen LogP contribution in [0.25, 0.3) is 0 Å². The second-order valence-corrected chi connectivity index (χ2v) is 7.36. The number of benzene rings is 2. The van der Waals surface area contributed by atoms with Crippen molar-refractivity contribution in [3.8, 4) is 5.75 Å². The molecular weight excluding hydrogens is 411 g/mol. The van der Waals surface area contributed by atoms with Crippen molar-refractivity contribution in [3.05, 3.63) is 53.6 Å². The molecule has 0 bridgehead atoms. The van der Waals surface area contributed by atoms with Gasteiger partial charge in [-0.1, -0.05) is 18.2 Å². The van der Waals surface area contributed by atoms with E-state index in [1.807, 2.05) is 29.2 Å². The number of anilines is 2. The number of rotatable bonds is 7. The van der Waals surface area contributed by atoms with E-state index in [-0.39, 0.29) is 12.2 Å². The first-order valence-corrected chi connectivity index (χ1v) is 9.92. The highest BCUT2D eigenvalue weighted by Gasteiger charge is 2.32. The highest BCUT2D eigenvalue weighted by molar-refractivity contribution is 5.95. The number of carbonyl (C=O) groups is 1. The van der Waals surface area contributed by atoms with Gasteiger partial charge in [-0.25, -0.2) is 0 Å². The zero-order valence-electron chi connectivity index (χ0n) is 17.5. The van der Waals surface area contributed by atoms with Crippen LogP contribution in [0, 0.1) is 0 Å². The molecule has 1 heterocycles. The molecule has 1 aliphatic heterocycles. The maximum atomic E-state index is 13.2. The van der Waals surface area contributed by atoms with Crippen molar-refractivity contribution in [2.45, 2.75) is 12.7 Å². The van der Waals surface area contributed by atoms with E-state index in [1.165, 1.54) is 6.07 Å². The Morgan fingerprint density at radius 2 is 1.90 bits per heavy atom. The Hall–Kier alpha value is -2.78. The Balaban J connectivity index is 1.73. The first-order valence-electron chi connectivity index (χ1n) is 9.92. The van der Waals surface area contributed by atoms with Gasteiger partial charge in [-0.15, -0.1) is 0 Å². The number of ether oxygens (including phenoxy) is 2. The van der Waals surface area contributed by atoms with Crippen molar-refractivity contribution < 1.29 is 27.4 Å². The quantitative estimate of drug-likeness (QED) is 0.717. The molecule has 0 atom stereocenters. The van der Waals surface area contributed by atoms with Gasteiger partial charge in [0.05, 0.1) is 43.8 Å². The SMILES string of the molecule is COc1ccccc1CN(C)CC(=O)Nc1cc(C(F)(F)F)ccc1N1CCOCC1. The number of nitrogens with zero attached hydrogens (tertiary/aromatic N) is 2. The average molecular weight is 437 g/mol. The molecule has 9 heteroatoms. The minimum Gasteiger partial charge on any atom is -0.496 e. The predicted octanol–water partition coefficient (Wildman–Crippen LogP) is 3.62. The summed E-state index contributed by atoms with van der Waals surface area (Å²) in [5, 5.41) is 2.67. The number of hydrogen-bond donors (Lipinski definition) is 1. The van der Waals surface area contributed by atoms with Gasteiger partial charge in [0.2, 0.25) is 5.91 Å². The van der Waals surface area contributed by atoms with Gasteiger partial charge in [0.25, 0.3) is 0 Å². The van der Waals surface area contributed by atoms with Crippen LogP contribution >= 0.6 is 0 Å². The maximum absolute atomic E-state index is 13.2. The molecule has 6 nitrogen and oxygen atoms in total. The third-order valence-electron chi connectivity index (χ3n) is 5.00. The fourth-order valence-electron chi connectivity index (χ4n) is 3.51. The molecule has 1 saturated heterocycles. The predicted molar refractivity (Wildman–Crippen MR) is 112 cm³/mol. The molecule has 0 aliphatic carbocycles. The van der Waals surface area contributed by atoms with E-state index in [0.717, 1.165) is 17.7 Å². The van der Waals surface area contributed by atoms with Gasteiger partial charge < -0.3 is 19.7 Å². The third-order valence-corrected chi connectivity index (χ3v) is 5.00. The number of hydrogen-bond acceptors (Lipinski definition) is 5. The Bertz CT molecular complexity index is 899. The van der Waals surface area contributed by atoms with Crippen molar-refractivity contribution in [2.75, 3.05) is 57.2 Å². The van der Waals surface area contributed by atoms with E-state index >= 15 is 0 Å². The van der Waals surface area contributed by atoms with E-state index in [4.69, 9.17) is 9.47 Å². The van der Waals surface area contributed by atoms with Crippen LogP contribution in [0.15, 0.2) is 42.5 Å². The minimum atomic E-state index is -4.50. The van der Waals surface area contributed by atoms with Crippen molar-refractivity contribution in [3.63, 3.8) is 0 Å². The largest absolute Gasteiger partial charge is 0.496 e. The summed E-state index contributed by atoms with van der Waals surface area (Å²) in [6.45, 7) is 2.52. The number of morpholine rings is 1. The number of likely N-dealkylation sites (N-methyl/N-ethyl adjacent to an activating group) is 1. The van der Waals surface area contributed by atoms with E-state index in [0.29, 0.717) is 44.3 Å². The number of alkyl halides is 3. The molecule has 2 aromatic carbocycles. The van der Waals surface area contributed by atoms with Crippen LogP contribution in [0.2, 0.25) is 0 Å². The van der Waals surface area contributed by atoms with Crippen molar-refractivity contribution in [1.29, 1.82) is 0 Å². The lowest BCUT2D eigenvalue weighted by molar-refractivity contribution is -0.137. The lowest BCUT2D eigenvalue weighted by Crippen LogP contribution is -2.37.